The minimum absolute atomic E-state index is 0.705. The summed E-state index contributed by atoms with van der Waals surface area (Å²) in [5.41, 5.74) is 0. The zero-order valence-electron chi connectivity index (χ0n) is 9.20. The van der Waals surface area contributed by atoms with E-state index in [4.69, 9.17) is 23.2 Å². The molecule has 0 saturated heterocycles. The highest BCUT2D eigenvalue weighted by molar-refractivity contribution is 6.49. The standard InChI is InChI=1S/C12H22Cl2/c1-3-5-6-7-8-9-10-11-12(13,14)4-2/h4H,2-3,5-11H2,1H3. The maximum absolute atomic E-state index is 5.93. The van der Waals surface area contributed by atoms with Gasteiger partial charge < -0.3 is 0 Å². The molecule has 0 heterocycles. The Balaban J connectivity index is 3.17. The molecule has 0 unspecified atom stereocenters. The highest BCUT2D eigenvalue weighted by Crippen LogP contribution is 2.28. The predicted molar refractivity (Wildman–Crippen MR) is 67.2 cm³/mol. The number of hydrogen-bond acceptors (Lipinski definition) is 0. The van der Waals surface area contributed by atoms with Crippen LogP contribution in [0.5, 0.6) is 0 Å². The van der Waals surface area contributed by atoms with Crippen LogP contribution in [0.4, 0.5) is 0 Å². The lowest BCUT2D eigenvalue weighted by Gasteiger charge is -2.13. The largest absolute Gasteiger partial charge is 0.136 e. The lowest BCUT2D eigenvalue weighted by molar-refractivity contribution is 0.572. The molecule has 0 N–H and O–H groups in total. The first kappa shape index (κ1) is 14.3. The smallest absolute Gasteiger partial charge is 0.100 e. The molecule has 0 radical (unpaired) electrons. The van der Waals surface area contributed by atoms with E-state index in [1.54, 1.807) is 6.08 Å². The fourth-order valence-corrected chi connectivity index (χ4v) is 1.69. The van der Waals surface area contributed by atoms with Crippen molar-refractivity contribution in [2.75, 3.05) is 0 Å². The van der Waals surface area contributed by atoms with Gasteiger partial charge in [-0.1, -0.05) is 81.1 Å². The second-order valence-electron chi connectivity index (χ2n) is 3.84. The van der Waals surface area contributed by atoms with Crippen molar-refractivity contribution < 1.29 is 0 Å². The summed E-state index contributed by atoms with van der Waals surface area (Å²) in [7, 11) is 0. The first-order valence-electron chi connectivity index (χ1n) is 5.64. The fraction of sp³-hybridized carbons (Fsp3) is 0.833. The molecule has 2 heteroatoms. The van der Waals surface area contributed by atoms with Crippen LogP contribution in [0.3, 0.4) is 0 Å². The van der Waals surface area contributed by atoms with Crippen molar-refractivity contribution in [2.24, 2.45) is 0 Å². The normalized spacial score (nSPS) is 11.6. The molecule has 0 aromatic carbocycles. The summed E-state index contributed by atoms with van der Waals surface area (Å²) in [6, 6.07) is 0. The Morgan fingerprint density at radius 2 is 1.50 bits per heavy atom. The lowest BCUT2D eigenvalue weighted by atomic mass is 10.1. The van der Waals surface area contributed by atoms with Crippen LogP contribution in [0.1, 0.15) is 58.3 Å². The molecule has 0 aromatic rings. The molecule has 0 aliphatic rings. The van der Waals surface area contributed by atoms with Crippen LogP contribution in [0.25, 0.3) is 0 Å². The van der Waals surface area contributed by atoms with Gasteiger partial charge in [0.2, 0.25) is 0 Å². The van der Waals surface area contributed by atoms with Crippen LogP contribution in [-0.2, 0) is 0 Å². The maximum Gasteiger partial charge on any atom is 0.136 e. The predicted octanol–water partition coefficient (Wildman–Crippen LogP) is 5.49. The van der Waals surface area contributed by atoms with Gasteiger partial charge in [-0.2, -0.15) is 0 Å². The van der Waals surface area contributed by atoms with Crippen LogP contribution < -0.4 is 0 Å². The highest BCUT2D eigenvalue weighted by Gasteiger charge is 2.17. The lowest BCUT2D eigenvalue weighted by Crippen LogP contribution is -2.07. The number of alkyl halides is 2. The fourth-order valence-electron chi connectivity index (χ4n) is 1.42. The molecule has 14 heavy (non-hydrogen) atoms. The molecule has 0 bridgehead atoms. The van der Waals surface area contributed by atoms with Gasteiger partial charge in [0, 0.05) is 0 Å². The summed E-state index contributed by atoms with van der Waals surface area (Å²) in [6.07, 6.45) is 11.5. The average Bonchev–Trinajstić information content (AvgIpc) is 2.16. The first-order valence-corrected chi connectivity index (χ1v) is 6.39. The van der Waals surface area contributed by atoms with Gasteiger partial charge >= 0.3 is 0 Å². The average molecular weight is 237 g/mol. The highest BCUT2D eigenvalue weighted by atomic mass is 35.5. The Bertz CT molecular complexity index is 141. The van der Waals surface area contributed by atoms with E-state index in [0.29, 0.717) is 0 Å². The molecule has 0 aliphatic carbocycles. The quantitative estimate of drug-likeness (QED) is 0.282. The van der Waals surface area contributed by atoms with E-state index in [0.717, 1.165) is 12.8 Å². The van der Waals surface area contributed by atoms with Gasteiger partial charge in [0.05, 0.1) is 0 Å². The third-order valence-electron chi connectivity index (χ3n) is 2.41. The molecule has 0 rings (SSSR count). The molecule has 84 valence electrons. The summed E-state index contributed by atoms with van der Waals surface area (Å²) < 4.78 is -0.705. The molecule has 0 spiro atoms. The van der Waals surface area contributed by atoms with Crippen LogP contribution in [0.15, 0.2) is 12.7 Å². The van der Waals surface area contributed by atoms with Crippen LogP contribution in [0.2, 0.25) is 0 Å². The number of allylic oxidation sites excluding steroid dienone is 1. The Morgan fingerprint density at radius 3 is 2.00 bits per heavy atom. The molecule has 0 aliphatic heterocycles. The molecule has 0 aromatic heterocycles. The molecule has 0 saturated carbocycles. The van der Waals surface area contributed by atoms with Crippen molar-refractivity contribution in [3.05, 3.63) is 12.7 Å². The van der Waals surface area contributed by atoms with Crippen LogP contribution >= 0.6 is 23.2 Å². The van der Waals surface area contributed by atoms with Crippen molar-refractivity contribution in [1.29, 1.82) is 0 Å². The van der Waals surface area contributed by atoms with E-state index in [9.17, 15) is 0 Å². The van der Waals surface area contributed by atoms with Gasteiger partial charge in [0.25, 0.3) is 0 Å². The van der Waals surface area contributed by atoms with Crippen molar-refractivity contribution in [3.8, 4) is 0 Å². The second kappa shape index (κ2) is 8.61. The molecule has 0 amide bonds. The molecular weight excluding hydrogens is 215 g/mol. The van der Waals surface area contributed by atoms with E-state index in [1.165, 1.54) is 38.5 Å². The van der Waals surface area contributed by atoms with E-state index >= 15 is 0 Å². The van der Waals surface area contributed by atoms with Gasteiger partial charge in [-0.3, -0.25) is 0 Å². The monoisotopic (exact) mass is 236 g/mol. The van der Waals surface area contributed by atoms with Crippen LogP contribution in [0, 0.1) is 0 Å². The van der Waals surface area contributed by atoms with E-state index < -0.39 is 4.33 Å². The summed E-state index contributed by atoms with van der Waals surface area (Å²) in [5, 5.41) is 0. The van der Waals surface area contributed by atoms with Gasteiger partial charge in [-0.25, -0.2) is 0 Å². The van der Waals surface area contributed by atoms with E-state index in [-0.39, 0.29) is 0 Å². The van der Waals surface area contributed by atoms with Crippen molar-refractivity contribution in [1.82, 2.24) is 0 Å². The summed E-state index contributed by atoms with van der Waals surface area (Å²) in [4.78, 5) is 0. The number of unbranched alkanes of at least 4 members (excludes halogenated alkanes) is 6. The SMILES string of the molecule is C=CC(Cl)(Cl)CCCCCCCCC. The van der Waals surface area contributed by atoms with Crippen molar-refractivity contribution in [2.45, 2.75) is 62.6 Å². The second-order valence-corrected chi connectivity index (χ2v) is 5.38. The Labute approximate surface area is 98.7 Å². The zero-order chi connectivity index (χ0) is 10.9. The maximum atomic E-state index is 5.93. The summed E-state index contributed by atoms with van der Waals surface area (Å²) >= 11 is 11.9. The number of rotatable bonds is 9. The third-order valence-corrected chi connectivity index (χ3v) is 3.10. The molecule has 0 atom stereocenters. The molecular formula is C12H22Cl2. The van der Waals surface area contributed by atoms with E-state index in [2.05, 4.69) is 13.5 Å². The topological polar surface area (TPSA) is 0 Å². The van der Waals surface area contributed by atoms with Crippen molar-refractivity contribution >= 4 is 23.2 Å². The van der Waals surface area contributed by atoms with Gasteiger partial charge in [-0.15, -0.1) is 6.58 Å². The molecule has 0 fully saturated rings. The van der Waals surface area contributed by atoms with Crippen molar-refractivity contribution in [3.63, 3.8) is 0 Å². The third kappa shape index (κ3) is 8.90. The Kier molecular flexibility index (Phi) is 8.81. The minimum atomic E-state index is -0.705. The van der Waals surface area contributed by atoms with Gasteiger partial charge in [0.1, 0.15) is 4.33 Å². The van der Waals surface area contributed by atoms with Gasteiger partial charge in [0.15, 0.2) is 0 Å². The number of halogens is 2. The summed E-state index contributed by atoms with van der Waals surface area (Å²) in [6.45, 7) is 5.84. The van der Waals surface area contributed by atoms with Crippen LogP contribution in [-0.4, -0.2) is 4.33 Å². The minimum Gasteiger partial charge on any atom is -0.100 e. The number of hydrogen-bond donors (Lipinski definition) is 0. The summed E-state index contributed by atoms with van der Waals surface area (Å²) in [5.74, 6) is 0. The molecule has 0 nitrogen and oxygen atoms in total. The zero-order valence-corrected chi connectivity index (χ0v) is 10.7. The Hall–Kier alpha value is 0.320. The van der Waals surface area contributed by atoms with Gasteiger partial charge in [-0.05, 0) is 6.42 Å². The van der Waals surface area contributed by atoms with E-state index in [1.807, 2.05) is 0 Å². The Morgan fingerprint density at radius 1 is 1.00 bits per heavy atom. The first-order chi connectivity index (χ1) is 6.62.